The lowest BCUT2D eigenvalue weighted by Gasteiger charge is -2.05. The second-order valence-corrected chi connectivity index (χ2v) is 7.81. The number of ether oxygens (including phenoxy) is 1. The first-order valence-electron chi connectivity index (χ1n) is 9.59. The number of carbonyl (C=O) groups excluding carboxylic acids is 2. The molecule has 0 spiro atoms. The quantitative estimate of drug-likeness (QED) is 0.348. The van der Waals surface area contributed by atoms with Crippen molar-refractivity contribution in [2.24, 2.45) is 0 Å². The van der Waals surface area contributed by atoms with Gasteiger partial charge in [-0.3, -0.25) is 15.1 Å². The highest BCUT2D eigenvalue weighted by molar-refractivity contribution is 7.99. The van der Waals surface area contributed by atoms with Crippen LogP contribution in [0.4, 0.5) is 5.95 Å². The summed E-state index contributed by atoms with van der Waals surface area (Å²) < 4.78 is 5.18. The summed E-state index contributed by atoms with van der Waals surface area (Å²) in [6, 6.07) is 13.1. The third-order valence-corrected chi connectivity index (χ3v) is 5.33. The van der Waals surface area contributed by atoms with Gasteiger partial charge in [0.15, 0.2) is 0 Å². The minimum atomic E-state index is -0.432. The third kappa shape index (κ3) is 3.99. The van der Waals surface area contributed by atoms with E-state index >= 15 is 0 Å². The van der Waals surface area contributed by atoms with Crippen LogP contribution < -0.4 is 5.32 Å². The van der Waals surface area contributed by atoms with E-state index in [0.29, 0.717) is 16.6 Å². The monoisotopic (exact) mass is 420 g/mol. The van der Waals surface area contributed by atoms with Crippen LogP contribution >= 0.6 is 11.8 Å². The number of fused-ring (bicyclic) bond motifs is 2. The fraction of sp³-hybridized carbons (Fsp3) is 0.182. The number of imidazole rings is 1. The number of aromatic amines is 1. The summed E-state index contributed by atoms with van der Waals surface area (Å²) in [7, 11) is 0. The molecular weight excluding hydrogens is 400 g/mol. The minimum Gasteiger partial charge on any atom is -0.462 e. The van der Waals surface area contributed by atoms with Crippen molar-refractivity contribution in [1.82, 2.24) is 15.0 Å². The van der Waals surface area contributed by atoms with Gasteiger partial charge in [-0.25, -0.2) is 9.78 Å². The summed E-state index contributed by atoms with van der Waals surface area (Å²) in [5.74, 6) is 0.281. The fourth-order valence-corrected chi connectivity index (χ4v) is 3.88. The van der Waals surface area contributed by atoms with E-state index in [-0.39, 0.29) is 24.2 Å². The maximum Gasteiger partial charge on any atom is 0.340 e. The molecule has 0 radical (unpaired) electrons. The lowest BCUT2D eigenvalue weighted by atomic mass is 10.1. The Morgan fingerprint density at radius 2 is 1.93 bits per heavy atom. The first kappa shape index (κ1) is 19.9. The number of nitrogens with zero attached hydrogens (tertiary/aromatic N) is 2. The maximum absolute atomic E-state index is 12.7. The molecule has 0 aliphatic heterocycles. The van der Waals surface area contributed by atoms with Crippen molar-refractivity contribution in [2.45, 2.75) is 18.7 Å². The Balaban J connectivity index is 1.67. The Kier molecular flexibility index (Phi) is 5.67. The van der Waals surface area contributed by atoms with Crippen molar-refractivity contribution in [3.05, 3.63) is 59.9 Å². The SMILES string of the molecule is CCOC(=O)c1cc(SCC)cc2nc(NC(=O)c3cc4ccccc4cn3)[nH]c12. The number of thioether (sulfide) groups is 1. The lowest BCUT2D eigenvalue weighted by molar-refractivity contribution is 0.0528. The second-order valence-electron chi connectivity index (χ2n) is 6.47. The molecule has 0 saturated carbocycles. The van der Waals surface area contributed by atoms with E-state index in [0.717, 1.165) is 21.4 Å². The molecule has 8 heteroatoms. The molecule has 7 nitrogen and oxygen atoms in total. The van der Waals surface area contributed by atoms with Gasteiger partial charge in [-0.05, 0) is 36.3 Å². The summed E-state index contributed by atoms with van der Waals surface area (Å²) in [5.41, 5.74) is 1.78. The number of pyridine rings is 1. The van der Waals surface area contributed by atoms with Crippen molar-refractivity contribution >= 4 is 51.4 Å². The molecule has 1 amide bonds. The zero-order valence-electron chi connectivity index (χ0n) is 16.6. The Morgan fingerprint density at radius 1 is 1.13 bits per heavy atom. The molecule has 0 fully saturated rings. The summed E-state index contributed by atoms with van der Waals surface area (Å²) in [6.45, 7) is 4.07. The van der Waals surface area contributed by atoms with E-state index in [1.807, 2.05) is 37.3 Å². The Morgan fingerprint density at radius 3 is 2.70 bits per heavy atom. The largest absolute Gasteiger partial charge is 0.462 e. The van der Waals surface area contributed by atoms with Crippen LogP contribution in [0.1, 0.15) is 34.7 Å². The van der Waals surface area contributed by atoms with Gasteiger partial charge in [0.25, 0.3) is 5.91 Å². The van der Waals surface area contributed by atoms with Gasteiger partial charge in [0.05, 0.1) is 23.2 Å². The molecule has 0 saturated heterocycles. The van der Waals surface area contributed by atoms with Crippen molar-refractivity contribution in [1.29, 1.82) is 0 Å². The second kappa shape index (κ2) is 8.54. The summed E-state index contributed by atoms with van der Waals surface area (Å²) >= 11 is 1.60. The zero-order chi connectivity index (χ0) is 21.1. The van der Waals surface area contributed by atoms with Crippen LogP contribution in [-0.2, 0) is 4.74 Å². The minimum absolute atomic E-state index is 0.245. The van der Waals surface area contributed by atoms with Crippen LogP contribution in [0.3, 0.4) is 0 Å². The van der Waals surface area contributed by atoms with Gasteiger partial charge in [-0.2, -0.15) is 0 Å². The topological polar surface area (TPSA) is 97.0 Å². The number of benzene rings is 2. The maximum atomic E-state index is 12.7. The molecule has 0 aliphatic carbocycles. The number of rotatable bonds is 6. The van der Waals surface area contributed by atoms with Crippen LogP contribution in [0.15, 0.2) is 53.6 Å². The molecule has 2 aromatic heterocycles. The molecule has 4 rings (SSSR count). The van der Waals surface area contributed by atoms with Crippen LogP contribution in [-0.4, -0.2) is 39.2 Å². The number of anilines is 1. The molecule has 2 N–H and O–H groups in total. The lowest BCUT2D eigenvalue weighted by Crippen LogP contribution is -2.14. The predicted octanol–water partition coefficient (Wildman–Crippen LogP) is 4.65. The van der Waals surface area contributed by atoms with E-state index in [1.165, 1.54) is 0 Å². The Bertz CT molecular complexity index is 1250. The first-order chi connectivity index (χ1) is 14.6. The van der Waals surface area contributed by atoms with Crippen molar-refractivity contribution in [2.75, 3.05) is 17.7 Å². The first-order valence-corrected chi connectivity index (χ1v) is 10.6. The number of aromatic nitrogens is 3. The number of esters is 1. The summed E-state index contributed by atoms with van der Waals surface area (Å²) in [5, 5.41) is 4.62. The smallest absolute Gasteiger partial charge is 0.340 e. The third-order valence-electron chi connectivity index (χ3n) is 4.47. The zero-order valence-corrected chi connectivity index (χ0v) is 17.4. The van der Waals surface area contributed by atoms with E-state index in [9.17, 15) is 9.59 Å². The van der Waals surface area contributed by atoms with Crippen LogP contribution in [0.2, 0.25) is 0 Å². The van der Waals surface area contributed by atoms with E-state index in [1.54, 1.807) is 37.0 Å². The van der Waals surface area contributed by atoms with Crippen LogP contribution in [0.5, 0.6) is 0 Å². The average molecular weight is 420 g/mol. The molecule has 30 heavy (non-hydrogen) atoms. The molecule has 2 aromatic carbocycles. The van der Waals surface area contributed by atoms with Crippen LogP contribution in [0.25, 0.3) is 21.8 Å². The van der Waals surface area contributed by atoms with Gasteiger partial charge in [-0.15, -0.1) is 11.8 Å². The fourth-order valence-electron chi connectivity index (χ4n) is 3.15. The number of H-pyrrole nitrogens is 1. The van der Waals surface area contributed by atoms with Gasteiger partial charge < -0.3 is 9.72 Å². The van der Waals surface area contributed by atoms with E-state index < -0.39 is 5.97 Å². The molecule has 152 valence electrons. The molecule has 0 bridgehead atoms. The number of amides is 1. The van der Waals surface area contributed by atoms with Gasteiger partial charge in [0, 0.05) is 16.5 Å². The molecule has 0 unspecified atom stereocenters. The van der Waals surface area contributed by atoms with Crippen molar-refractivity contribution in [3.63, 3.8) is 0 Å². The number of nitrogens with one attached hydrogen (secondary N) is 2. The predicted molar refractivity (Wildman–Crippen MR) is 118 cm³/mol. The highest BCUT2D eigenvalue weighted by Gasteiger charge is 2.18. The van der Waals surface area contributed by atoms with Crippen LogP contribution in [0, 0.1) is 0 Å². The highest BCUT2D eigenvalue weighted by Crippen LogP contribution is 2.28. The molecule has 0 atom stereocenters. The average Bonchev–Trinajstić information content (AvgIpc) is 3.15. The Labute approximate surface area is 177 Å². The van der Waals surface area contributed by atoms with E-state index in [4.69, 9.17) is 4.74 Å². The van der Waals surface area contributed by atoms with Gasteiger partial charge in [-0.1, -0.05) is 31.2 Å². The van der Waals surface area contributed by atoms with Gasteiger partial charge in [0.1, 0.15) is 5.69 Å². The number of carbonyl (C=O) groups is 2. The molecule has 2 heterocycles. The van der Waals surface area contributed by atoms with E-state index in [2.05, 4.69) is 20.3 Å². The standard InChI is InChI=1S/C22H20N4O3S/c1-3-29-21(28)16-10-15(30-4-2)11-17-19(16)25-22(24-17)26-20(27)18-9-13-7-5-6-8-14(13)12-23-18/h5-12H,3-4H2,1-2H3,(H2,24,25,26,27). The highest BCUT2D eigenvalue weighted by atomic mass is 32.2. The summed E-state index contributed by atoms with van der Waals surface area (Å²) in [4.78, 5) is 37.7. The normalized spacial score (nSPS) is 11.0. The number of hydrogen-bond donors (Lipinski definition) is 2. The van der Waals surface area contributed by atoms with Crippen molar-refractivity contribution in [3.8, 4) is 0 Å². The molecular formula is C22H20N4O3S. The molecule has 0 aliphatic rings. The molecule has 4 aromatic rings. The van der Waals surface area contributed by atoms with Gasteiger partial charge >= 0.3 is 5.97 Å². The Hall–Kier alpha value is -3.39. The summed E-state index contributed by atoms with van der Waals surface area (Å²) in [6.07, 6.45) is 1.66. The van der Waals surface area contributed by atoms with Gasteiger partial charge in [0.2, 0.25) is 5.95 Å². The number of hydrogen-bond acceptors (Lipinski definition) is 6. The van der Waals surface area contributed by atoms with Crippen molar-refractivity contribution < 1.29 is 14.3 Å².